The number of benzene rings is 1. The van der Waals surface area contributed by atoms with Gasteiger partial charge >= 0.3 is 5.97 Å². The van der Waals surface area contributed by atoms with Crippen molar-refractivity contribution in [3.63, 3.8) is 0 Å². The van der Waals surface area contributed by atoms with Crippen LogP contribution in [0.1, 0.15) is 26.3 Å². The van der Waals surface area contributed by atoms with E-state index in [9.17, 15) is 18.0 Å². The number of rotatable bonds is 6. The fraction of sp³-hybridized carbons (Fsp3) is 0.412. The van der Waals surface area contributed by atoms with Gasteiger partial charge in [-0.15, -0.1) is 0 Å². The van der Waals surface area contributed by atoms with Crippen LogP contribution in [0.25, 0.3) is 0 Å². The van der Waals surface area contributed by atoms with Crippen molar-refractivity contribution in [1.29, 1.82) is 0 Å². The molecule has 1 aliphatic rings. The molecule has 142 valence electrons. The summed E-state index contributed by atoms with van der Waals surface area (Å²) in [4.78, 5) is 24.4. The standard InChI is InChI=1S/C17H21NO7S/c1-6-26(21,22)18(4)16-14(24-11(2)19)15(20)17(3,25-16)12-8-7-9-13(10-12)23-5/h7-10H,6H2,1-5H3. The second kappa shape index (κ2) is 6.99. The molecule has 1 aliphatic heterocycles. The number of ketones is 1. The number of esters is 1. The molecule has 0 spiro atoms. The quantitative estimate of drug-likeness (QED) is 0.687. The summed E-state index contributed by atoms with van der Waals surface area (Å²) in [5.74, 6) is -1.90. The maximum absolute atomic E-state index is 13.0. The molecule has 1 unspecified atom stereocenters. The lowest BCUT2D eigenvalue weighted by Gasteiger charge is -2.26. The first-order valence-corrected chi connectivity index (χ1v) is 9.45. The van der Waals surface area contributed by atoms with E-state index in [0.717, 1.165) is 11.2 Å². The van der Waals surface area contributed by atoms with Crippen molar-refractivity contribution in [3.05, 3.63) is 41.5 Å². The normalized spacial score (nSPS) is 20.0. The van der Waals surface area contributed by atoms with Crippen LogP contribution in [0.5, 0.6) is 5.75 Å². The third-order valence-corrected chi connectivity index (χ3v) is 5.80. The molecule has 0 bridgehead atoms. The molecular formula is C17H21NO7S. The van der Waals surface area contributed by atoms with E-state index in [2.05, 4.69) is 0 Å². The Bertz CT molecular complexity index is 875. The number of Topliss-reactive ketones (excluding diaryl/α,β-unsaturated/α-hetero) is 1. The van der Waals surface area contributed by atoms with Gasteiger partial charge in [0.25, 0.3) is 11.7 Å². The number of nitrogens with zero attached hydrogens (tertiary/aromatic N) is 1. The van der Waals surface area contributed by atoms with Crippen LogP contribution in [0, 0.1) is 0 Å². The summed E-state index contributed by atoms with van der Waals surface area (Å²) in [5, 5.41) is 0. The molecule has 0 N–H and O–H groups in total. The van der Waals surface area contributed by atoms with Gasteiger partial charge in [-0.25, -0.2) is 12.7 Å². The lowest BCUT2D eigenvalue weighted by molar-refractivity contribution is -0.142. The number of methoxy groups -OCH3 is 1. The van der Waals surface area contributed by atoms with Gasteiger partial charge in [-0.05, 0) is 26.0 Å². The van der Waals surface area contributed by atoms with Crippen molar-refractivity contribution in [2.75, 3.05) is 19.9 Å². The van der Waals surface area contributed by atoms with E-state index in [1.165, 1.54) is 28.0 Å². The molecule has 9 heteroatoms. The van der Waals surface area contributed by atoms with Crippen molar-refractivity contribution in [2.24, 2.45) is 0 Å². The number of hydrogen-bond donors (Lipinski definition) is 0. The molecule has 26 heavy (non-hydrogen) atoms. The molecule has 0 aromatic heterocycles. The highest BCUT2D eigenvalue weighted by Gasteiger charge is 2.51. The molecule has 0 fully saturated rings. The molecule has 1 aromatic rings. The monoisotopic (exact) mass is 383 g/mol. The average Bonchev–Trinajstić information content (AvgIpc) is 2.86. The average molecular weight is 383 g/mol. The van der Waals surface area contributed by atoms with Gasteiger partial charge in [0.05, 0.1) is 12.9 Å². The fourth-order valence-corrected chi connectivity index (χ4v) is 3.23. The van der Waals surface area contributed by atoms with Crippen LogP contribution in [-0.4, -0.2) is 44.4 Å². The lowest BCUT2D eigenvalue weighted by Crippen LogP contribution is -2.33. The Labute approximate surface area is 152 Å². The van der Waals surface area contributed by atoms with Crippen LogP contribution in [0.15, 0.2) is 35.9 Å². The van der Waals surface area contributed by atoms with Crippen molar-refractivity contribution < 1.29 is 32.2 Å². The van der Waals surface area contributed by atoms with E-state index in [-0.39, 0.29) is 11.6 Å². The third kappa shape index (κ3) is 3.39. The first-order chi connectivity index (χ1) is 12.1. The molecule has 0 saturated heterocycles. The summed E-state index contributed by atoms with van der Waals surface area (Å²) in [6, 6.07) is 6.61. The van der Waals surface area contributed by atoms with E-state index in [1.807, 2.05) is 0 Å². The molecule has 1 aromatic carbocycles. The van der Waals surface area contributed by atoms with Crippen molar-refractivity contribution in [3.8, 4) is 5.75 Å². The highest BCUT2D eigenvalue weighted by atomic mass is 32.2. The van der Waals surface area contributed by atoms with E-state index in [4.69, 9.17) is 14.2 Å². The second-order valence-electron chi connectivity index (χ2n) is 5.79. The van der Waals surface area contributed by atoms with Crippen LogP contribution in [-0.2, 0) is 34.7 Å². The number of ether oxygens (including phenoxy) is 3. The maximum atomic E-state index is 13.0. The minimum absolute atomic E-state index is 0.215. The van der Waals surface area contributed by atoms with Crippen molar-refractivity contribution >= 4 is 21.8 Å². The van der Waals surface area contributed by atoms with Crippen LogP contribution in [0.2, 0.25) is 0 Å². The zero-order chi connectivity index (χ0) is 19.7. The predicted octanol–water partition coefficient (Wildman–Crippen LogP) is 1.52. The second-order valence-corrected chi connectivity index (χ2v) is 8.08. The summed E-state index contributed by atoms with van der Waals surface area (Å²) >= 11 is 0. The lowest BCUT2D eigenvalue weighted by atomic mass is 9.91. The van der Waals surface area contributed by atoms with E-state index < -0.39 is 33.1 Å². The Balaban J connectivity index is 2.56. The number of hydrogen-bond acceptors (Lipinski definition) is 7. The topological polar surface area (TPSA) is 99.2 Å². The van der Waals surface area contributed by atoms with Crippen molar-refractivity contribution in [1.82, 2.24) is 4.31 Å². The summed E-state index contributed by atoms with van der Waals surface area (Å²) in [6.45, 7) is 4.05. The number of sulfonamides is 1. The van der Waals surface area contributed by atoms with Gasteiger partial charge < -0.3 is 14.2 Å². The molecule has 1 atom stereocenters. The van der Waals surface area contributed by atoms with E-state index in [0.29, 0.717) is 11.3 Å². The van der Waals surface area contributed by atoms with E-state index >= 15 is 0 Å². The van der Waals surface area contributed by atoms with Gasteiger partial charge in [0, 0.05) is 19.5 Å². The molecule has 0 amide bonds. The number of carbonyl (C=O) groups excluding carboxylic acids is 2. The first kappa shape index (κ1) is 19.8. The van der Waals surface area contributed by atoms with Gasteiger partial charge in [0.1, 0.15) is 5.75 Å². The molecule has 0 saturated carbocycles. The molecule has 0 radical (unpaired) electrons. The molecule has 1 heterocycles. The molecular weight excluding hydrogens is 362 g/mol. The van der Waals surface area contributed by atoms with Gasteiger partial charge in [0.2, 0.25) is 15.8 Å². The fourth-order valence-electron chi connectivity index (χ4n) is 2.47. The smallest absolute Gasteiger partial charge is 0.308 e. The molecule has 0 aliphatic carbocycles. The van der Waals surface area contributed by atoms with Crippen molar-refractivity contribution in [2.45, 2.75) is 26.4 Å². The third-order valence-electron chi connectivity index (χ3n) is 4.07. The van der Waals surface area contributed by atoms with Crippen LogP contribution >= 0.6 is 0 Å². The summed E-state index contributed by atoms with van der Waals surface area (Å²) in [6.07, 6.45) is 0. The van der Waals surface area contributed by atoms with Gasteiger partial charge in [-0.1, -0.05) is 12.1 Å². The maximum Gasteiger partial charge on any atom is 0.308 e. The Morgan fingerprint density at radius 2 is 2.00 bits per heavy atom. The minimum atomic E-state index is -3.74. The minimum Gasteiger partial charge on any atom is -0.497 e. The Hall–Kier alpha value is -2.55. The van der Waals surface area contributed by atoms with Gasteiger partial charge in [0.15, 0.2) is 5.60 Å². The van der Waals surface area contributed by atoms with Crippen LogP contribution < -0.4 is 4.74 Å². The zero-order valence-electron chi connectivity index (χ0n) is 15.2. The van der Waals surface area contributed by atoms with E-state index in [1.54, 1.807) is 24.3 Å². The summed E-state index contributed by atoms with van der Waals surface area (Å²) in [5.41, 5.74) is -1.13. The predicted molar refractivity (Wildman–Crippen MR) is 92.5 cm³/mol. The molecule has 8 nitrogen and oxygen atoms in total. The Kier molecular flexibility index (Phi) is 5.31. The highest BCUT2D eigenvalue weighted by molar-refractivity contribution is 7.89. The number of carbonyl (C=O) groups is 2. The zero-order valence-corrected chi connectivity index (χ0v) is 16.0. The van der Waals surface area contributed by atoms with Crippen LogP contribution in [0.3, 0.4) is 0 Å². The summed E-state index contributed by atoms with van der Waals surface area (Å²) < 4.78 is 41.2. The summed E-state index contributed by atoms with van der Waals surface area (Å²) in [7, 11) is -1.02. The first-order valence-electron chi connectivity index (χ1n) is 7.84. The highest BCUT2D eigenvalue weighted by Crippen LogP contribution is 2.41. The Morgan fingerprint density at radius 3 is 2.54 bits per heavy atom. The Morgan fingerprint density at radius 1 is 1.35 bits per heavy atom. The SMILES string of the molecule is CCS(=O)(=O)N(C)C1=C(OC(C)=O)C(=O)C(C)(c2cccc(OC)c2)O1. The van der Waals surface area contributed by atoms with Gasteiger partial charge in [-0.3, -0.25) is 9.59 Å². The van der Waals surface area contributed by atoms with Crippen LogP contribution in [0.4, 0.5) is 0 Å². The largest absolute Gasteiger partial charge is 0.497 e. The molecule has 2 rings (SSSR count). The van der Waals surface area contributed by atoms with Gasteiger partial charge in [-0.2, -0.15) is 0 Å².